The van der Waals surface area contributed by atoms with Crippen LogP contribution in [0.3, 0.4) is 0 Å². The van der Waals surface area contributed by atoms with E-state index >= 15 is 0 Å². The predicted octanol–water partition coefficient (Wildman–Crippen LogP) is 4.35. The van der Waals surface area contributed by atoms with Gasteiger partial charge in [-0.1, -0.05) is 66.2 Å². The van der Waals surface area contributed by atoms with Gasteiger partial charge in [-0.05, 0) is 43.2 Å². The van der Waals surface area contributed by atoms with Crippen LogP contribution in [0.15, 0.2) is 78.9 Å². The first-order chi connectivity index (χ1) is 14.6. The van der Waals surface area contributed by atoms with E-state index in [4.69, 9.17) is 4.84 Å². The molecule has 2 heterocycles. The smallest absolute Gasteiger partial charge is 0.266 e. The molecule has 5 nitrogen and oxygen atoms in total. The molecule has 0 spiro atoms. The quantitative estimate of drug-likeness (QED) is 0.616. The molecule has 5 rings (SSSR count). The van der Waals surface area contributed by atoms with Crippen LogP contribution >= 0.6 is 0 Å². The lowest BCUT2D eigenvalue weighted by Gasteiger charge is -2.29. The summed E-state index contributed by atoms with van der Waals surface area (Å²) in [6.07, 6.45) is -0.844. The summed E-state index contributed by atoms with van der Waals surface area (Å²) in [5.74, 6) is -1.14. The summed E-state index contributed by atoms with van der Waals surface area (Å²) in [5.41, 5.74) is 4.38. The molecule has 2 fully saturated rings. The second-order valence-corrected chi connectivity index (χ2v) is 7.87. The number of aryl methyl sites for hydroxylation is 2. The second kappa shape index (κ2) is 7.11. The molecule has 150 valence electrons. The highest BCUT2D eigenvalue weighted by molar-refractivity contribution is 6.24. The van der Waals surface area contributed by atoms with Crippen LogP contribution in [0.4, 0.5) is 11.4 Å². The number of hydroxylamine groups is 1. The summed E-state index contributed by atoms with van der Waals surface area (Å²) in [5, 5.41) is 1.72. The number of amides is 2. The van der Waals surface area contributed by atoms with E-state index in [1.54, 1.807) is 5.06 Å². The highest BCUT2D eigenvalue weighted by Gasteiger charge is 2.60. The number of carbonyl (C=O) groups excluding carboxylic acids is 2. The van der Waals surface area contributed by atoms with Crippen LogP contribution in [-0.4, -0.2) is 17.9 Å². The summed E-state index contributed by atoms with van der Waals surface area (Å²) >= 11 is 0. The molecule has 0 aromatic heterocycles. The van der Waals surface area contributed by atoms with Gasteiger partial charge in [0.1, 0.15) is 5.92 Å². The van der Waals surface area contributed by atoms with Crippen LogP contribution in [0.1, 0.15) is 22.7 Å². The Bertz CT molecular complexity index is 1110. The maximum atomic E-state index is 13.6. The average molecular weight is 398 g/mol. The molecule has 2 aliphatic heterocycles. The molecule has 2 amide bonds. The Labute approximate surface area is 175 Å². The first kappa shape index (κ1) is 18.6. The van der Waals surface area contributed by atoms with E-state index < -0.39 is 12.0 Å². The number of hydrogen-bond donors (Lipinski definition) is 0. The monoisotopic (exact) mass is 398 g/mol. The number of rotatable bonds is 3. The minimum absolute atomic E-state index is 0.218. The zero-order valence-electron chi connectivity index (χ0n) is 16.9. The number of hydrogen-bond acceptors (Lipinski definition) is 4. The molecule has 3 atom stereocenters. The molecule has 3 aromatic rings. The molecule has 30 heavy (non-hydrogen) atoms. The fourth-order valence-electron chi connectivity index (χ4n) is 4.50. The standard InChI is InChI=1S/C25H22N2O3/c1-16-13-14-20(17(2)15-16)26-24(28)21-22(18-9-5-3-6-10-18)27(30-23(21)25(26)29)19-11-7-4-8-12-19/h3-15,21-23H,1-2H3/t21-,22-,23-/m0/s1. The normalized spacial score (nSPS) is 23.2. The van der Waals surface area contributed by atoms with Crippen LogP contribution in [0.25, 0.3) is 0 Å². The van der Waals surface area contributed by atoms with Gasteiger partial charge in [0.25, 0.3) is 5.91 Å². The van der Waals surface area contributed by atoms with Gasteiger partial charge in [0.15, 0.2) is 6.10 Å². The van der Waals surface area contributed by atoms with Gasteiger partial charge in [-0.2, -0.15) is 0 Å². The van der Waals surface area contributed by atoms with Gasteiger partial charge >= 0.3 is 0 Å². The lowest BCUT2D eigenvalue weighted by molar-refractivity contribution is -0.126. The van der Waals surface area contributed by atoms with E-state index in [2.05, 4.69) is 0 Å². The summed E-state index contributed by atoms with van der Waals surface area (Å²) in [6.45, 7) is 3.91. The summed E-state index contributed by atoms with van der Waals surface area (Å²) in [4.78, 5) is 34.4. The van der Waals surface area contributed by atoms with Gasteiger partial charge in [-0.15, -0.1) is 0 Å². The third kappa shape index (κ3) is 2.82. The van der Waals surface area contributed by atoms with Gasteiger partial charge in [0, 0.05) is 0 Å². The van der Waals surface area contributed by atoms with Crippen LogP contribution in [0.2, 0.25) is 0 Å². The molecule has 0 aliphatic carbocycles. The third-order valence-corrected chi connectivity index (χ3v) is 5.86. The fourth-order valence-corrected chi connectivity index (χ4v) is 4.50. The van der Waals surface area contributed by atoms with Crippen molar-refractivity contribution < 1.29 is 14.4 Å². The van der Waals surface area contributed by atoms with E-state index in [1.165, 1.54) is 4.90 Å². The summed E-state index contributed by atoms with van der Waals surface area (Å²) in [7, 11) is 0. The number of anilines is 2. The number of carbonyl (C=O) groups is 2. The van der Waals surface area contributed by atoms with E-state index in [0.29, 0.717) is 5.69 Å². The Morgan fingerprint density at radius 2 is 1.47 bits per heavy atom. The zero-order chi connectivity index (χ0) is 20.8. The van der Waals surface area contributed by atoms with Crippen molar-refractivity contribution in [2.45, 2.75) is 26.0 Å². The highest BCUT2D eigenvalue weighted by atomic mass is 16.7. The average Bonchev–Trinajstić information content (AvgIpc) is 3.26. The number of imide groups is 1. The van der Waals surface area contributed by atoms with Crippen molar-refractivity contribution in [1.29, 1.82) is 0 Å². The fraction of sp³-hybridized carbons (Fsp3) is 0.200. The van der Waals surface area contributed by atoms with Crippen LogP contribution in [-0.2, 0) is 14.4 Å². The Balaban J connectivity index is 1.59. The molecule has 0 unspecified atom stereocenters. The highest BCUT2D eigenvalue weighted by Crippen LogP contribution is 2.47. The van der Waals surface area contributed by atoms with Crippen molar-refractivity contribution in [1.82, 2.24) is 0 Å². The van der Waals surface area contributed by atoms with Gasteiger partial charge in [0.05, 0.1) is 17.4 Å². The molecule has 2 saturated heterocycles. The number of fused-ring (bicyclic) bond motifs is 1. The number of nitrogens with zero attached hydrogens (tertiary/aromatic N) is 2. The van der Waals surface area contributed by atoms with Crippen LogP contribution in [0.5, 0.6) is 0 Å². The number of benzene rings is 3. The lowest BCUT2D eigenvalue weighted by Crippen LogP contribution is -2.37. The van der Waals surface area contributed by atoms with Crippen molar-refractivity contribution in [3.63, 3.8) is 0 Å². The Morgan fingerprint density at radius 3 is 2.13 bits per heavy atom. The molecule has 0 radical (unpaired) electrons. The van der Waals surface area contributed by atoms with Crippen LogP contribution in [0, 0.1) is 19.8 Å². The van der Waals surface area contributed by atoms with E-state index in [9.17, 15) is 9.59 Å². The first-order valence-electron chi connectivity index (χ1n) is 10.1. The van der Waals surface area contributed by atoms with Crippen molar-refractivity contribution in [2.75, 3.05) is 9.96 Å². The molecule has 0 bridgehead atoms. The molecular formula is C25H22N2O3. The summed E-state index contributed by atoms with van der Waals surface area (Å²) in [6, 6.07) is 24.7. The largest absolute Gasteiger partial charge is 0.273 e. The Hall–Kier alpha value is -3.44. The first-order valence-corrected chi connectivity index (χ1v) is 10.1. The van der Waals surface area contributed by atoms with Crippen molar-refractivity contribution in [3.05, 3.63) is 95.6 Å². The third-order valence-electron chi connectivity index (χ3n) is 5.86. The second-order valence-electron chi connectivity index (χ2n) is 7.87. The van der Waals surface area contributed by atoms with E-state index in [-0.39, 0.29) is 17.9 Å². The van der Waals surface area contributed by atoms with Gasteiger partial charge in [-0.3, -0.25) is 14.4 Å². The minimum Gasteiger partial charge on any atom is -0.273 e. The van der Waals surface area contributed by atoms with E-state index in [0.717, 1.165) is 22.4 Å². The molecule has 5 heteroatoms. The van der Waals surface area contributed by atoms with E-state index in [1.807, 2.05) is 92.7 Å². The SMILES string of the molecule is Cc1ccc(N2C(=O)[C@@H]3[C@H](ON(c4ccccc4)[C@H]3c3ccccc3)C2=O)c(C)c1. The minimum atomic E-state index is -0.844. The van der Waals surface area contributed by atoms with Gasteiger partial charge < -0.3 is 0 Å². The van der Waals surface area contributed by atoms with Crippen molar-refractivity contribution >= 4 is 23.2 Å². The molecular weight excluding hydrogens is 376 g/mol. The van der Waals surface area contributed by atoms with Gasteiger partial charge in [0.2, 0.25) is 5.91 Å². The Morgan fingerprint density at radius 1 is 0.800 bits per heavy atom. The maximum Gasteiger partial charge on any atom is 0.266 e. The topological polar surface area (TPSA) is 49.9 Å². The number of para-hydroxylation sites is 1. The lowest BCUT2D eigenvalue weighted by atomic mass is 9.90. The molecule has 3 aromatic carbocycles. The molecule has 2 aliphatic rings. The predicted molar refractivity (Wildman–Crippen MR) is 115 cm³/mol. The maximum absolute atomic E-state index is 13.6. The van der Waals surface area contributed by atoms with Gasteiger partial charge in [-0.25, -0.2) is 9.96 Å². The molecule has 0 N–H and O–H groups in total. The summed E-state index contributed by atoms with van der Waals surface area (Å²) < 4.78 is 0. The van der Waals surface area contributed by atoms with Crippen molar-refractivity contribution in [2.24, 2.45) is 5.92 Å². The van der Waals surface area contributed by atoms with Crippen molar-refractivity contribution in [3.8, 4) is 0 Å². The van der Waals surface area contributed by atoms with Crippen LogP contribution < -0.4 is 9.96 Å². The Kier molecular flexibility index (Phi) is 4.40. The zero-order valence-corrected chi connectivity index (χ0v) is 16.9. The molecule has 0 saturated carbocycles.